The first-order valence-electron chi connectivity index (χ1n) is 4.80. The van der Waals surface area contributed by atoms with Crippen LogP contribution in [0.15, 0.2) is 42.7 Å². The summed E-state index contributed by atoms with van der Waals surface area (Å²) in [5.74, 6) is -0.00413. The molecule has 3 nitrogen and oxygen atoms in total. The predicted molar refractivity (Wildman–Crippen MR) is 56.5 cm³/mol. The van der Waals surface area contributed by atoms with Gasteiger partial charge in [0.1, 0.15) is 11.6 Å². The Morgan fingerprint density at radius 3 is 2.38 bits per heavy atom. The number of nitrogens with zero attached hydrogens (tertiary/aromatic N) is 2. The molecule has 0 aliphatic carbocycles. The average Bonchev–Trinajstić information content (AvgIpc) is 2.31. The van der Waals surface area contributed by atoms with Gasteiger partial charge in [-0.25, -0.2) is 14.4 Å². The summed E-state index contributed by atoms with van der Waals surface area (Å²) in [6.45, 7) is 0. The molecule has 0 aliphatic rings. The Labute approximate surface area is 92.0 Å². The van der Waals surface area contributed by atoms with E-state index in [9.17, 15) is 9.18 Å². The van der Waals surface area contributed by atoms with Gasteiger partial charge in [-0.05, 0) is 30.3 Å². The van der Waals surface area contributed by atoms with Crippen LogP contribution in [0, 0.1) is 5.82 Å². The van der Waals surface area contributed by atoms with Gasteiger partial charge in [0, 0.05) is 18.0 Å². The lowest BCUT2D eigenvalue weighted by atomic mass is 10.1. The second kappa shape index (κ2) is 4.61. The standard InChI is InChI=1S/C12H9FN2O/c13-10-4-2-9(3-5-10)11(16)8-12-14-6-1-7-15-12/h1-7H,8H2. The largest absolute Gasteiger partial charge is 0.294 e. The van der Waals surface area contributed by atoms with Crippen LogP contribution in [0.1, 0.15) is 16.2 Å². The Bertz CT molecular complexity index is 482. The summed E-state index contributed by atoms with van der Waals surface area (Å²) < 4.78 is 12.6. The van der Waals surface area contributed by atoms with E-state index < -0.39 is 0 Å². The number of hydrogen-bond donors (Lipinski definition) is 0. The summed E-state index contributed by atoms with van der Waals surface area (Å²) in [5, 5.41) is 0. The number of aromatic nitrogens is 2. The molecule has 0 fully saturated rings. The lowest BCUT2D eigenvalue weighted by molar-refractivity contribution is 0.0990. The fraction of sp³-hybridized carbons (Fsp3) is 0.0833. The van der Waals surface area contributed by atoms with Crippen LogP contribution in [0.4, 0.5) is 4.39 Å². The van der Waals surface area contributed by atoms with Gasteiger partial charge < -0.3 is 0 Å². The minimum atomic E-state index is -0.354. The smallest absolute Gasteiger partial charge is 0.170 e. The monoisotopic (exact) mass is 216 g/mol. The van der Waals surface area contributed by atoms with Gasteiger partial charge in [0.25, 0.3) is 0 Å². The lowest BCUT2D eigenvalue weighted by Crippen LogP contribution is -2.06. The zero-order chi connectivity index (χ0) is 11.4. The van der Waals surface area contributed by atoms with E-state index in [1.54, 1.807) is 18.5 Å². The Morgan fingerprint density at radius 2 is 1.75 bits per heavy atom. The summed E-state index contributed by atoms with van der Waals surface area (Å²) in [7, 11) is 0. The molecule has 0 bridgehead atoms. The van der Waals surface area contributed by atoms with Crippen molar-refractivity contribution < 1.29 is 9.18 Å². The summed E-state index contributed by atoms with van der Waals surface area (Å²) in [6, 6.07) is 7.13. The third-order valence-electron chi connectivity index (χ3n) is 2.10. The SMILES string of the molecule is O=C(Cc1ncccn1)c1ccc(F)cc1. The molecule has 0 N–H and O–H groups in total. The maximum Gasteiger partial charge on any atom is 0.170 e. The molecule has 0 saturated heterocycles. The molecular formula is C12H9FN2O. The molecule has 0 radical (unpaired) electrons. The van der Waals surface area contributed by atoms with E-state index >= 15 is 0 Å². The molecule has 2 rings (SSSR count). The summed E-state index contributed by atoms with van der Waals surface area (Å²) in [6.07, 6.45) is 3.30. The first-order chi connectivity index (χ1) is 7.75. The highest BCUT2D eigenvalue weighted by Crippen LogP contribution is 2.06. The van der Waals surface area contributed by atoms with E-state index in [4.69, 9.17) is 0 Å². The van der Waals surface area contributed by atoms with Crippen molar-refractivity contribution >= 4 is 5.78 Å². The molecule has 0 saturated carbocycles. The highest BCUT2D eigenvalue weighted by Gasteiger charge is 2.08. The van der Waals surface area contributed by atoms with Crippen molar-refractivity contribution in [2.45, 2.75) is 6.42 Å². The number of carbonyl (C=O) groups excluding carboxylic acids is 1. The Hall–Kier alpha value is -2.10. The van der Waals surface area contributed by atoms with Gasteiger partial charge >= 0.3 is 0 Å². The van der Waals surface area contributed by atoms with Crippen molar-refractivity contribution in [2.24, 2.45) is 0 Å². The van der Waals surface area contributed by atoms with Gasteiger partial charge in [0.2, 0.25) is 0 Å². The van der Waals surface area contributed by atoms with Crippen LogP contribution < -0.4 is 0 Å². The van der Waals surface area contributed by atoms with Crippen LogP contribution >= 0.6 is 0 Å². The number of benzene rings is 1. The van der Waals surface area contributed by atoms with E-state index in [1.165, 1.54) is 24.3 Å². The maximum atomic E-state index is 12.6. The molecule has 0 spiro atoms. The summed E-state index contributed by atoms with van der Waals surface area (Å²) >= 11 is 0. The van der Waals surface area contributed by atoms with Crippen molar-refractivity contribution in [2.75, 3.05) is 0 Å². The molecule has 1 aromatic heterocycles. The highest BCUT2D eigenvalue weighted by atomic mass is 19.1. The van der Waals surface area contributed by atoms with Crippen LogP contribution in [-0.4, -0.2) is 15.8 Å². The second-order valence-electron chi connectivity index (χ2n) is 3.27. The molecule has 1 heterocycles. The highest BCUT2D eigenvalue weighted by molar-refractivity contribution is 5.97. The van der Waals surface area contributed by atoms with Crippen LogP contribution in [0.3, 0.4) is 0 Å². The first-order valence-corrected chi connectivity index (χ1v) is 4.80. The van der Waals surface area contributed by atoms with Gasteiger partial charge in [0.15, 0.2) is 5.78 Å². The number of Topliss-reactive ketones (excluding diaryl/α,β-unsaturated/α-hetero) is 1. The van der Waals surface area contributed by atoms with Crippen LogP contribution in [0.5, 0.6) is 0 Å². The summed E-state index contributed by atoms with van der Waals surface area (Å²) in [5.41, 5.74) is 0.467. The molecule has 16 heavy (non-hydrogen) atoms. The average molecular weight is 216 g/mol. The zero-order valence-corrected chi connectivity index (χ0v) is 8.43. The van der Waals surface area contributed by atoms with Crippen molar-refractivity contribution in [3.63, 3.8) is 0 Å². The number of carbonyl (C=O) groups is 1. The number of halogens is 1. The minimum absolute atomic E-state index is 0.119. The molecule has 2 aromatic rings. The number of hydrogen-bond acceptors (Lipinski definition) is 3. The Kier molecular flexibility index (Phi) is 3.00. The predicted octanol–water partition coefficient (Wildman–Crippen LogP) is 2.04. The van der Waals surface area contributed by atoms with E-state index in [-0.39, 0.29) is 18.0 Å². The fourth-order valence-electron chi connectivity index (χ4n) is 1.30. The van der Waals surface area contributed by atoms with Crippen molar-refractivity contribution in [1.82, 2.24) is 9.97 Å². The van der Waals surface area contributed by atoms with Gasteiger partial charge in [-0.2, -0.15) is 0 Å². The zero-order valence-electron chi connectivity index (χ0n) is 8.43. The normalized spacial score (nSPS) is 10.1. The van der Waals surface area contributed by atoms with Gasteiger partial charge in [-0.3, -0.25) is 4.79 Å². The Morgan fingerprint density at radius 1 is 1.12 bits per heavy atom. The van der Waals surface area contributed by atoms with E-state index in [2.05, 4.69) is 9.97 Å². The van der Waals surface area contributed by atoms with Crippen LogP contribution in [0.2, 0.25) is 0 Å². The first kappa shape index (κ1) is 10.4. The third-order valence-corrected chi connectivity index (χ3v) is 2.10. The van der Waals surface area contributed by atoms with E-state index in [0.29, 0.717) is 11.4 Å². The minimum Gasteiger partial charge on any atom is -0.294 e. The topological polar surface area (TPSA) is 42.9 Å². The number of rotatable bonds is 3. The van der Waals surface area contributed by atoms with Crippen LogP contribution in [0.25, 0.3) is 0 Å². The van der Waals surface area contributed by atoms with Crippen molar-refractivity contribution in [1.29, 1.82) is 0 Å². The molecule has 0 unspecified atom stereocenters. The van der Waals surface area contributed by atoms with Crippen molar-refractivity contribution in [3.05, 3.63) is 59.9 Å². The molecule has 0 aliphatic heterocycles. The second-order valence-corrected chi connectivity index (χ2v) is 3.27. The maximum absolute atomic E-state index is 12.6. The number of ketones is 1. The quantitative estimate of drug-likeness (QED) is 0.737. The van der Waals surface area contributed by atoms with Gasteiger partial charge in [-0.1, -0.05) is 0 Å². The van der Waals surface area contributed by atoms with E-state index in [1.807, 2.05) is 0 Å². The third kappa shape index (κ3) is 2.48. The van der Waals surface area contributed by atoms with Crippen molar-refractivity contribution in [3.8, 4) is 0 Å². The van der Waals surface area contributed by atoms with Crippen LogP contribution in [-0.2, 0) is 6.42 Å². The molecule has 4 heteroatoms. The lowest BCUT2D eigenvalue weighted by Gasteiger charge is -1.99. The molecule has 0 atom stereocenters. The fourth-order valence-corrected chi connectivity index (χ4v) is 1.30. The van der Waals surface area contributed by atoms with E-state index in [0.717, 1.165) is 0 Å². The van der Waals surface area contributed by atoms with Gasteiger partial charge in [0.05, 0.1) is 6.42 Å². The molecule has 0 amide bonds. The Balaban J connectivity index is 2.12. The molecule has 80 valence electrons. The molecule has 1 aromatic carbocycles. The van der Waals surface area contributed by atoms with Gasteiger partial charge in [-0.15, -0.1) is 0 Å². The summed E-state index contributed by atoms with van der Waals surface area (Å²) in [4.78, 5) is 19.6. The molecular weight excluding hydrogens is 207 g/mol.